The zero-order valence-electron chi connectivity index (χ0n) is 18.7. The third kappa shape index (κ3) is 4.71. The number of phenols is 1. The number of aromatic hydroxyl groups is 1. The van der Waals surface area contributed by atoms with Crippen LogP contribution in [0.2, 0.25) is 0 Å². The number of carbonyl (C=O) groups is 1. The van der Waals surface area contributed by atoms with Crippen LogP contribution in [0.1, 0.15) is 18.4 Å². The van der Waals surface area contributed by atoms with Crippen molar-refractivity contribution < 1.29 is 19.4 Å². The van der Waals surface area contributed by atoms with Crippen LogP contribution < -0.4 is 10.2 Å². The molecule has 0 saturated carbocycles. The molecule has 2 saturated heterocycles. The third-order valence-corrected chi connectivity index (χ3v) is 6.26. The molecule has 0 bridgehead atoms. The lowest BCUT2D eigenvalue weighted by Crippen LogP contribution is -2.34. The number of benzene rings is 2. The molecule has 2 N–H and O–H groups in total. The van der Waals surface area contributed by atoms with Gasteiger partial charge in [-0.3, -0.25) is 0 Å². The van der Waals surface area contributed by atoms with Crippen LogP contribution in [0.25, 0.3) is 22.3 Å². The van der Waals surface area contributed by atoms with Crippen LogP contribution in [0.3, 0.4) is 0 Å². The maximum Gasteiger partial charge on any atom is 0.407 e. The number of rotatable bonds is 5. The summed E-state index contributed by atoms with van der Waals surface area (Å²) in [5.74, 6) is 1.81. The summed E-state index contributed by atoms with van der Waals surface area (Å²) in [5, 5.41) is 14.2. The van der Waals surface area contributed by atoms with E-state index in [1.807, 2.05) is 25.1 Å². The molecule has 2 fully saturated rings. The number of hydrogen-bond acceptors (Lipinski definition) is 7. The maximum absolute atomic E-state index is 12.1. The van der Waals surface area contributed by atoms with Gasteiger partial charge in [0, 0.05) is 31.4 Å². The van der Waals surface area contributed by atoms with Crippen LogP contribution in [-0.4, -0.2) is 60.1 Å². The fourth-order valence-electron chi connectivity index (χ4n) is 4.47. The first kappa shape index (κ1) is 21.5. The SMILES string of the molecule is Cc1ccc2c(N3CCC(CNC(=O)OC4CCOC4)C3)nc(-c3ccccc3O)nc2c1. The van der Waals surface area contributed by atoms with Crippen LogP contribution in [0, 0.1) is 12.8 Å². The lowest BCUT2D eigenvalue weighted by molar-refractivity contribution is 0.0825. The molecule has 3 heterocycles. The van der Waals surface area contributed by atoms with Gasteiger partial charge in [-0.25, -0.2) is 14.8 Å². The number of aryl methyl sites for hydroxylation is 1. The number of alkyl carbamates (subject to hydrolysis) is 1. The Balaban J connectivity index is 1.34. The smallest absolute Gasteiger partial charge is 0.407 e. The Morgan fingerprint density at radius 3 is 2.94 bits per heavy atom. The number of carbonyl (C=O) groups excluding carboxylic acids is 1. The molecule has 1 aromatic heterocycles. The van der Waals surface area contributed by atoms with Crippen LogP contribution in [0.5, 0.6) is 5.75 Å². The van der Waals surface area contributed by atoms with E-state index in [0.29, 0.717) is 37.1 Å². The number of phenolic OH excluding ortho intramolecular Hbond substituents is 1. The number of nitrogens with zero attached hydrogens (tertiary/aromatic N) is 3. The van der Waals surface area contributed by atoms with E-state index in [9.17, 15) is 9.90 Å². The van der Waals surface area contributed by atoms with E-state index in [1.165, 1.54) is 0 Å². The second-order valence-electron chi connectivity index (χ2n) is 8.78. The largest absolute Gasteiger partial charge is 0.507 e. The van der Waals surface area contributed by atoms with Gasteiger partial charge in [0.05, 0.1) is 24.3 Å². The number of nitrogens with one attached hydrogen (secondary N) is 1. The van der Waals surface area contributed by atoms with Gasteiger partial charge >= 0.3 is 6.09 Å². The second kappa shape index (κ2) is 9.23. The Labute approximate surface area is 192 Å². The van der Waals surface area contributed by atoms with Gasteiger partial charge in [0.2, 0.25) is 0 Å². The van der Waals surface area contributed by atoms with Gasteiger partial charge in [-0.05, 0) is 49.1 Å². The summed E-state index contributed by atoms with van der Waals surface area (Å²) >= 11 is 0. The summed E-state index contributed by atoms with van der Waals surface area (Å²) in [5.41, 5.74) is 2.57. The van der Waals surface area contributed by atoms with Gasteiger partial charge in [-0.15, -0.1) is 0 Å². The molecule has 33 heavy (non-hydrogen) atoms. The van der Waals surface area contributed by atoms with Crippen molar-refractivity contribution in [2.45, 2.75) is 25.9 Å². The highest BCUT2D eigenvalue weighted by atomic mass is 16.6. The highest BCUT2D eigenvalue weighted by Crippen LogP contribution is 2.33. The number of fused-ring (bicyclic) bond motifs is 1. The Morgan fingerprint density at radius 1 is 1.24 bits per heavy atom. The van der Waals surface area contributed by atoms with E-state index in [1.54, 1.807) is 12.1 Å². The zero-order chi connectivity index (χ0) is 22.8. The Morgan fingerprint density at radius 2 is 2.12 bits per heavy atom. The molecule has 8 heteroatoms. The third-order valence-electron chi connectivity index (χ3n) is 6.26. The molecule has 3 aromatic rings. The molecular weight excluding hydrogens is 420 g/mol. The standard InChI is InChI=1S/C25H28N4O4/c1-16-6-7-19-21(12-16)27-23(20-4-2-3-5-22(20)30)28-24(19)29-10-8-17(14-29)13-26-25(31)33-18-9-11-32-15-18/h2-7,12,17-18,30H,8-11,13-15H2,1H3,(H,26,31). The molecule has 1 amide bonds. The first-order valence-electron chi connectivity index (χ1n) is 11.4. The predicted octanol–water partition coefficient (Wildman–Crippen LogP) is 3.65. The molecule has 5 rings (SSSR count). The molecule has 2 aromatic carbocycles. The lowest BCUT2D eigenvalue weighted by atomic mass is 10.1. The average Bonchev–Trinajstić information content (AvgIpc) is 3.49. The second-order valence-corrected chi connectivity index (χ2v) is 8.78. The van der Waals surface area contributed by atoms with Crippen molar-refractivity contribution in [3.05, 3.63) is 48.0 Å². The first-order chi connectivity index (χ1) is 16.1. The van der Waals surface area contributed by atoms with Crippen molar-refractivity contribution in [3.63, 3.8) is 0 Å². The Bertz CT molecular complexity index is 1160. The molecule has 0 aliphatic carbocycles. The van der Waals surface area contributed by atoms with Crippen LogP contribution in [0.4, 0.5) is 10.6 Å². The lowest BCUT2D eigenvalue weighted by Gasteiger charge is -2.21. The van der Waals surface area contributed by atoms with E-state index in [4.69, 9.17) is 19.4 Å². The van der Waals surface area contributed by atoms with Gasteiger partial charge in [0.15, 0.2) is 5.82 Å². The maximum atomic E-state index is 12.1. The molecule has 2 atom stereocenters. The number of amides is 1. The summed E-state index contributed by atoms with van der Waals surface area (Å²) in [6.45, 7) is 5.31. The summed E-state index contributed by atoms with van der Waals surface area (Å²) in [7, 11) is 0. The van der Waals surface area contributed by atoms with Crippen LogP contribution in [-0.2, 0) is 9.47 Å². The van der Waals surface area contributed by atoms with Crippen LogP contribution >= 0.6 is 0 Å². The van der Waals surface area contributed by atoms with Crippen LogP contribution in [0.15, 0.2) is 42.5 Å². The normalized spacial score (nSPS) is 20.3. The molecule has 2 aliphatic rings. The van der Waals surface area contributed by atoms with Crippen molar-refractivity contribution in [2.24, 2.45) is 5.92 Å². The number of hydrogen-bond donors (Lipinski definition) is 2. The van der Waals surface area contributed by atoms with Crippen molar-refractivity contribution >= 4 is 22.8 Å². The van der Waals surface area contributed by atoms with Crippen molar-refractivity contribution in [3.8, 4) is 17.1 Å². The highest BCUT2D eigenvalue weighted by molar-refractivity contribution is 5.92. The molecule has 0 spiro atoms. The average molecular weight is 449 g/mol. The minimum absolute atomic E-state index is 0.145. The summed E-state index contributed by atoms with van der Waals surface area (Å²) < 4.78 is 10.6. The fourth-order valence-corrected chi connectivity index (χ4v) is 4.47. The number of para-hydroxylation sites is 1. The highest BCUT2D eigenvalue weighted by Gasteiger charge is 2.27. The van der Waals surface area contributed by atoms with Gasteiger partial charge in [0.1, 0.15) is 17.7 Å². The van der Waals surface area contributed by atoms with E-state index in [2.05, 4.69) is 22.3 Å². The fraction of sp³-hybridized carbons (Fsp3) is 0.400. The molecular formula is C25H28N4O4. The van der Waals surface area contributed by atoms with Crippen molar-refractivity contribution in [1.82, 2.24) is 15.3 Å². The topological polar surface area (TPSA) is 96.8 Å². The summed E-state index contributed by atoms with van der Waals surface area (Å²) in [6.07, 6.45) is 1.17. The minimum Gasteiger partial charge on any atom is -0.507 e. The number of anilines is 1. The van der Waals surface area contributed by atoms with Gasteiger partial charge in [-0.1, -0.05) is 18.2 Å². The number of aromatic nitrogens is 2. The molecule has 2 aliphatic heterocycles. The quantitative estimate of drug-likeness (QED) is 0.615. The molecule has 2 unspecified atom stereocenters. The zero-order valence-corrected chi connectivity index (χ0v) is 18.7. The molecule has 8 nitrogen and oxygen atoms in total. The van der Waals surface area contributed by atoms with Crippen molar-refractivity contribution in [1.29, 1.82) is 0 Å². The molecule has 0 radical (unpaired) electrons. The van der Waals surface area contributed by atoms with E-state index in [-0.39, 0.29) is 17.9 Å². The van der Waals surface area contributed by atoms with E-state index in [0.717, 1.165) is 48.2 Å². The first-order valence-corrected chi connectivity index (χ1v) is 11.4. The molecule has 172 valence electrons. The van der Waals surface area contributed by atoms with Gasteiger partial charge < -0.3 is 24.8 Å². The summed E-state index contributed by atoms with van der Waals surface area (Å²) in [6, 6.07) is 13.3. The van der Waals surface area contributed by atoms with Gasteiger partial charge in [0.25, 0.3) is 0 Å². The Hall–Kier alpha value is -3.39. The number of ether oxygens (including phenoxy) is 2. The van der Waals surface area contributed by atoms with Gasteiger partial charge in [-0.2, -0.15) is 0 Å². The Kier molecular flexibility index (Phi) is 6.00. The van der Waals surface area contributed by atoms with E-state index >= 15 is 0 Å². The monoisotopic (exact) mass is 448 g/mol. The van der Waals surface area contributed by atoms with E-state index < -0.39 is 0 Å². The predicted molar refractivity (Wildman–Crippen MR) is 125 cm³/mol. The summed E-state index contributed by atoms with van der Waals surface area (Å²) in [4.78, 5) is 24.0. The minimum atomic E-state index is -0.381. The van der Waals surface area contributed by atoms with Crippen molar-refractivity contribution in [2.75, 3.05) is 37.7 Å².